The largest absolute Gasteiger partial charge is 0.446 e. The second kappa shape index (κ2) is 10.9. The molecule has 3 aromatic rings. The van der Waals surface area contributed by atoms with Crippen LogP contribution in [0.3, 0.4) is 0 Å². The maximum Gasteiger partial charge on any atom is 0.446 e. The standard InChI is InChI=1S/C26H31F3N4S/c1-33(2)23-15-25(32-22-9-5-4-8-21(22)23)31-20-13-11-18(12-14-20)16-30-17-19-7-3-6-10-24(19)34-26(27,28)29/h3-10,15,18,20,30H,11-14,16-17H2,1-2H3,(H,31,32). The fourth-order valence-corrected chi connectivity index (χ4v) is 5.27. The smallest absolute Gasteiger partial charge is 0.377 e. The number of halogens is 3. The van der Waals surface area contributed by atoms with Gasteiger partial charge >= 0.3 is 5.51 Å². The van der Waals surface area contributed by atoms with Gasteiger partial charge in [0.05, 0.1) is 5.52 Å². The number of pyridine rings is 1. The molecule has 2 N–H and O–H groups in total. The second-order valence-electron chi connectivity index (χ2n) is 9.09. The van der Waals surface area contributed by atoms with E-state index < -0.39 is 5.51 Å². The van der Waals surface area contributed by atoms with E-state index in [-0.39, 0.29) is 16.7 Å². The van der Waals surface area contributed by atoms with E-state index in [1.54, 1.807) is 18.2 Å². The third-order valence-electron chi connectivity index (χ3n) is 6.32. The number of thioether (sulfide) groups is 1. The Bertz CT molecular complexity index is 1090. The molecule has 1 heterocycles. The Balaban J connectivity index is 1.28. The zero-order valence-electron chi connectivity index (χ0n) is 19.5. The van der Waals surface area contributed by atoms with Crippen LogP contribution < -0.4 is 15.5 Å². The number of fused-ring (bicyclic) bond motifs is 1. The number of nitrogens with one attached hydrogen (secondary N) is 2. The summed E-state index contributed by atoms with van der Waals surface area (Å²) in [5.41, 5.74) is -1.44. The summed E-state index contributed by atoms with van der Waals surface area (Å²) in [6, 6.07) is 17.4. The number of benzene rings is 2. The van der Waals surface area contributed by atoms with Crippen LogP contribution in [0.4, 0.5) is 24.7 Å². The number of aromatic nitrogens is 1. The first kappa shape index (κ1) is 24.7. The predicted molar refractivity (Wildman–Crippen MR) is 135 cm³/mol. The number of alkyl halides is 3. The van der Waals surface area contributed by atoms with Crippen LogP contribution in [0.2, 0.25) is 0 Å². The predicted octanol–water partition coefficient (Wildman–Crippen LogP) is 6.67. The molecule has 0 radical (unpaired) electrons. The van der Waals surface area contributed by atoms with E-state index >= 15 is 0 Å². The summed E-state index contributed by atoms with van der Waals surface area (Å²) >= 11 is -0.0394. The molecule has 1 saturated carbocycles. The average molecular weight is 489 g/mol. The van der Waals surface area contributed by atoms with Crippen molar-refractivity contribution in [1.82, 2.24) is 10.3 Å². The molecular formula is C26H31F3N4S. The highest BCUT2D eigenvalue weighted by Gasteiger charge is 2.30. The summed E-state index contributed by atoms with van der Waals surface area (Å²) in [6.07, 6.45) is 4.27. The van der Waals surface area contributed by atoms with Gasteiger partial charge in [-0.25, -0.2) is 4.98 Å². The molecule has 0 unspecified atom stereocenters. The molecule has 2 aromatic carbocycles. The van der Waals surface area contributed by atoms with Crippen molar-refractivity contribution in [2.75, 3.05) is 30.9 Å². The van der Waals surface area contributed by atoms with Crippen molar-refractivity contribution in [2.24, 2.45) is 5.92 Å². The molecule has 1 aromatic heterocycles. The lowest BCUT2D eigenvalue weighted by atomic mass is 9.86. The maximum absolute atomic E-state index is 12.8. The van der Waals surface area contributed by atoms with Crippen molar-refractivity contribution in [3.05, 3.63) is 60.2 Å². The van der Waals surface area contributed by atoms with Crippen molar-refractivity contribution in [3.8, 4) is 0 Å². The van der Waals surface area contributed by atoms with Crippen molar-refractivity contribution in [1.29, 1.82) is 0 Å². The summed E-state index contributed by atoms with van der Waals surface area (Å²) < 4.78 is 38.4. The minimum Gasteiger partial charge on any atom is -0.377 e. The zero-order chi connectivity index (χ0) is 24.1. The first-order valence-electron chi connectivity index (χ1n) is 11.7. The van der Waals surface area contributed by atoms with Crippen LogP contribution >= 0.6 is 11.8 Å². The van der Waals surface area contributed by atoms with Gasteiger partial charge in [0, 0.05) is 48.7 Å². The molecule has 0 aliphatic heterocycles. The Morgan fingerprint density at radius 2 is 1.71 bits per heavy atom. The van der Waals surface area contributed by atoms with Crippen LogP contribution in [0, 0.1) is 5.92 Å². The van der Waals surface area contributed by atoms with Crippen molar-refractivity contribution >= 4 is 34.2 Å². The van der Waals surface area contributed by atoms with Gasteiger partial charge in [-0.05, 0) is 67.6 Å². The van der Waals surface area contributed by atoms with Crippen LogP contribution in [0.1, 0.15) is 31.2 Å². The lowest BCUT2D eigenvalue weighted by Gasteiger charge is -2.30. The van der Waals surface area contributed by atoms with Crippen molar-refractivity contribution < 1.29 is 13.2 Å². The van der Waals surface area contributed by atoms with Gasteiger partial charge in [0.25, 0.3) is 0 Å². The summed E-state index contributed by atoms with van der Waals surface area (Å²) in [4.78, 5) is 7.20. The number of hydrogen-bond acceptors (Lipinski definition) is 5. The SMILES string of the molecule is CN(C)c1cc(NC2CCC(CNCc3ccccc3SC(F)(F)F)CC2)nc2ccccc12. The number of anilines is 2. The molecule has 0 amide bonds. The Kier molecular flexibility index (Phi) is 7.88. The average Bonchev–Trinajstić information content (AvgIpc) is 2.80. The molecule has 0 bridgehead atoms. The molecule has 0 saturated heterocycles. The Morgan fingerprint density at radius 3 is 2.44 bits per heavy atom. The fourth-order valence-electron chi connectivity index (χ4n) is 4.61. The molecule has 1 fully saturated rings. The highest BCUT2D eigenvalue weighted by atomic mass is 32.2. The van der Waals surface area contributed by atoms with E-state index in [0.717, 1.165) is 54.6 Å². The van der Waals surface area contributed by atoms with E-state index in [1.807, 2.05) is 32.3 Å². The summed E-state index contributed by atoms with van der Waals surface area (Å²) in [7, 11) is 4.09. The Morgan fingerprint density at radius 1 is 1.00 bits per heavy atom. The molecule has 8 heteroatoms. The summed E-state index contributed by atoms with van der Waals surface area (Å²) in [5, 5.41) is 8.16. The second-order valence-corrected chi connectivity index (χ2v) is 10.2. The monoisotopic (exact) mass is 488 g/mol. The third-order valence-corrected chi connectivity index (χ3v) is 7.17. The molecular weight excluding hydrogens is 457 g/mol. The van der Waals surface area contributed by atoms with Gasteiger partial charge in [-0.2, -0.15) is 13.2 Å². The lowest BCUT2D eigenvalue weighted by Crippen LogP contribution is -2.31. The van der Waals surface area contributed by atoms with E-state index in [4.69, 9.17) is 4.98 Å². The maximum atomic E-state index is 12.8. The topological polar surface area (TPSA) is 40.2 Å². The Labute approximate surface area is 203 Å². The third kappa shape index (κ3) is 6.57. The number of para-hydroxylation sites is 1. The molecule has 1 aliphatic rings. The quantitative estimate of drug-likeness (QED) is 0.347. The van der Waals surface area contributed by atoms with Gasteiger partial charge in [-0.15, -0.1) is 0 Å². The summed E-state index contributed by atoms with van der Waals surface area (Å²) in [6.45, 7) is 1.27. The first-order chi connectivity index (χ1) is 16.3. The summed E-state index contributed by atoms with van der Waals surface area (Å²) in [5.74, 6) is 1.44. The van der Waals surface area contributed by atoms with Crippen LogP contribution in [0.5, 0.6) is 0 Å². The molecule has 0 atom stereocenters. The highest BCUT2D eigenvalue weighted by Crippen LogP contribution is 2.38. The lowest BCUT2D eigenvalue weighted by molar-refractivity contribution is -0.0328. The van der Waals surface area contributed by atoms with E-state index in [0.29, 0.717) is 24.1 Å². The zero-order valence-corrected chi connectivity index (χ0v) is 20.3. The van der Waals surface area contributed by atoms with E-state index in [2.05, 4.69) is 27.7 Å². The van der Waals surface area contributed by atoms with Crippen LogP contribution in [0.15, 0.2) is 59.5 Å². The molecule has 4 rings (SSSR count). The van der Waals surface area contributed by atoms with E-state index in [1.165, 1.54) is 6.07 Å². The minimum absolute atomic E-state index is 0.0394. The number of hydrogen-bond donors (Lipinski definition) is 2. The number of rotatable bonds is 8. The van der Waals surface area contributed by atoms with Gasteiger partial charge in [0.2, 0.25) is 0 Å². The molecule has 0 spiro atoms. The molecule has 4 nitrogen and oxygen atoms in total. The van der Waals surface area contributed by atoms with E-state index in [9.17, 15) is 13.2 Å². The molecule has 182 valence electrons. The van der Waals surface area contributed by atoms with Gasteiger partial charge < -0.3 is 15.5 Å². The first-order valence-corrected chi connectivity index (χ1v) is 12.5. The molecule has 34 heavy (non-hydrogen) atoms. The van der Waals surface area contributed by atoms with Crippen molar-refractivity contribution in [3.63, 3.8) is 0 Å². The van der Waals surface area contributed by atoms with Crippen LogP contribution in [-0.2, 0) is 6.54 Å². The molecule has 1 aliphatic carbocycles. The van der Waals surface area contributed by atoms with Crippen molar-refractivity contribution in [2.45, 2.75) is 48.7 Å². The fraction of sp³-hybridized carbons (Fsp3) is 0.423. The van der Waals surface area contributed by atoms with Gasteiger partial charge in [-0.3, -0.25) is 0 Å². The Hall–Kier alpha value is -2.45. The number of nitrogens with zero attached hydrogens (tertiary/aromatic N) is 2. The normalized spacial score (nSPS) is 18.7. The minimum atomic E-state index is -4.27. The van der Waals surface area contributed by atoms with Gasteiger partial charge in [-0.1, -0.05) is 36.4 Å². The highest BCUT2D eigenvalue weighted by molar-refractivity contribution is 8.00. The van der Waals surface area contributed by atoms with Gasteiger partial charge in [0.15, 0.2) is 0 Å². The van der Waals surface area contributed by atoms with Crippen LogP contribution in [-0.4, -0.2) is 37.2 Å². The van der Waals surface area contributed by atoms with Gasteiger partial charge in [0.1, 0.15) is 5.82 Å². The van der Waals surface area contributed by atoms with Crippen LogP contribution in [0.25, 0.3) is 10.9 Å².